The number of amides is 1. The van der Waals surface area contributed by atoms with Crippen LogP contribution in [0.25, 0.3) is 0 Å². The summed E-state index contributed by atoms with van der Waals surface area (Å²) in [5.41, 5.74) is 1.97. The molecule has 1 amide bonds. The van der Waals surface area contributed by atoms with Crippen molar-refractivity contribution in [2.24, 2.45) is 0 Å². The van der Waals surface area contributed by atoms with E-state index in [0.29, 0.717) is 6.42 Å². The summed E-state index contributed by atoms with van der Waals surface area (Å²) in [5.74, 6) is -0.0884. The summed E-state index contributed by atoms with van der Waals surface area (Å²) in [5, 5.41) is 13.4. The van der Waals surface area contributed by atoms with Crippen LogP contribution in [-0.2, 0) is 17.8 Å². The number of carbonyl (C=O) groups is 1. The van der Waals surface area contributed by atoms with Crippen molar-refractivity contribution in [1.29, 1.82) is 0 Å². The number of anilines is 1. The Morgan fingerprint density at radius 3 is 3.00 bits per heavy atom. The Morgan fingerprint density at radius 1 is 1.42 bits per heavy atom. The van der Waals surface area contributed by atoms with E-state index in [2.05, 4.69) is 10.1 Å². The SMILES string of the molecule is O=C(Cn1cncn1)N1c2ccccc2CC1CO. The van der Waals surface area contributed by atoms with Gasteiger partial charge in [0.05, 0.1) is 12.6 Å². The lowest BCUT2D eigenvalue weighted by molar-refractivity contribution is -0.119. The molecule has 0 bridgehead atoms. The van der Waals surface area contributed by atoms with Gasteiger partial charge in [-0.25, -0.2) is 9.67 Å². The summed E-state index contributed by atoms with van der Waals surface area (Å²) in [7, 11) is 0. The Hall–Kier alpha value is -2.21. The van der Waals surface area contributed by atoms with Crippen LogP contribution in [0.15, 0.2) is 36.9 Å². The maximum absolute atomic E-state index is 12.4. The summed E-state index contributed by atoms with van der Waals surface area (Å²) < 4.78 is 1.48. The van der Waals surface area contributed by atoms with Gasteiger partial charge in [-0.05, 0) is 18.1 Å². The molecule has 1 N–H and O–H groups in total. The van der Waals surface area contributed by atoms with Gasteiger partial charge >= 0.3 is 0 Å². The van der Waals surface area contributed by atoms with E-state index >= 15 is 0 Å². The van der Waals surface area contributed by atoms with E-state index in [1.165, 1.54) is 17.3 Å². The van der Waals surface area contributed by atoms with Gasteiger partial charge in [0.2, 0.25) is 5.91 Å². The third-order valence-electron chi connectivity index (χ3n) is 3.32. The molecule has 3 rings (SSSR count). The fourth-order valence-corrected chi connectivity index (χ4v) is 2.47. The van der Waals surface area contributed by atoms with Crippen LogP contribution in [0.5, 0.6) is 0 Å². The van der Waals surface area contributed by atoms with E-state index in [9.17, 15) is 9.90 Å². The Bertz CT molecular complexity index is 582. The fourth-order valence-electron chi connectivity index (χ4n) is 2.47. The lowest BCUT2D eigenvalue weighted by Crippen LogP contribution is -2.41. The van der Waals surface area contributed by atoms with Gasteiger partial charge in [-0.15, -0.1) is 0 Å². The normalized spacial score (nSPS) is 17.5. The lowest BCUT2D eigenvalue weighted by atomic mass is 10.1. The number of para-hydroxylation sites is 1. The van der Waals surface area contributed by atoms with Gasteiger partial charge in [0, 0.05) is 5.69 Å². The van der Waals surface area contributed by atoms with Crippen molar-refractivity contribution in [3.63, 3.8) is 0 Å². The number of nitrogens with zero attached hydrogens (tertiary/aromatic N) is 4. The van der Waals surface area contributed by atoms with Crippen molar-refractivity contribution < 1.29 is 9.90 Å². The van der Waals surface area contributed by atoms with Crippen LogP contribution in [0.3, 0.4) is 0 Å². The molecule has 0 radical (unpaired) electrons. The third-order valence-corrected chi connectivity index (χ3v) is 3.32. The zero-order chi connectivity index (χ0) is 13.2. The monoisotopic (exact) mass is 258 g/mol. The maximum atomic E-state index is 12.4. The first-order chi connectivity index (χ1) is 9.29. The van der Waals surface area contributed by atoms with Crippen LogP contribution >= 0.6 is 0 Å². The van der Waals surface area contributed by atoms with Crippen molar-refractivity contribution in [1.82, 2.24) is 14.8 Å². The quantitative estimate of drug-likeness (QED) is 0.855. The predicted octanol–water partition coefficient (Wildman–Crippen LogP) is 0.228. The number of fused-ring (bicyclic) bond motifs is 1. The zero-order valence-electron chi connectivity index (χ0n) is 10.3. The Kier molecular flexibility index (Phi) is 3.00. The summed E-state index contributed by atoms with van der Waals surface area (Å²) in [6.45, 7) is 0.0859. The average molecular weight is 258 g/mol. The highest BCUT2D eigenvalue weighted by Gasteiger charge is 2.32. The van der Waals surface area contributed by atoms with Gasteiger partial charge in [0.15, 0.2) is 0 Å². The molecule has 0 spiro atoms. The molecule has 0 saturated heterocycles. The smallest absolute Gasteiger partial charge is 0.249 e. The molecule has 19 heavy (non-hydrogen) atoms. The molecular formula is C13H14N4O2. The highest BCUT2D eigenvalue weighted by atomic mass is 16.3. The number of aliphatic hydroxyl groups is 1. The van der Waals surface area contributed by atoms with Gasteiger partial charge in [-0.1, -0.05) is 18.2 Å². The van der Waals surface area contributed by atoms with E-state index in [0.717, 1.165) is 11.3 Å². The zero-order valence-corrected chi connectivity index (χ0v) is 10.3. The number of hydrogen-bond donors (Lipinski definition) is 1. The second-order valence-electron chi connectivity index (χ2n) is 4.53. The maximum Gasteiger partial charge on any atom is 0.249 e. The summed E-state index contributed by atoms with van der Waals surface area (Å²) in [6, 6.07) is 7.55. The van der Waals surface area contributed by atoms with Crippen LogP contribution < -0.4 is 4.90 Å². The average Bonchev–Trinajstić information content (AvgIpc) is 3.04. The molecule has 98 valence electrons. The fraction of sp³-hybridized carbons (Fsp3) is 0.308. The minimum atomic E-state index is -0.187. The van der Waals surface area contributed by atoms with Gasteiger partial charge in [-0.2, -0.15) is 5.10 Å². The van der Waals surface area contributed by atoms with Gasteiger partial charge in [0.1, 0.15) is 19.2 Å². The molecule has 0 aliphatic carbocycles. The second kappa shape index (κ2) is 4.81. The molecule has 1 aliphatic rings. The largest absolute Gasteiger partial charge is 0.394 e. The van der Waals surface area contributed by atoms with Gasteiger partial charge in [0.25, 0.3) is 0 Å². The molecule has 1 unspecified atom stereocenters. The van der Waals surface area contributed by atoms with Crippen molar-refractivity contribution in [2.45, 2.75) is 19.0 Å². The lowest BCUT2D eigenvalue weighted by Gasteiger charge is -2.24. The van der Waals surface area contributed by atoms with E-state index in [1.807, 2.05) is 24.3 Å². The van der Waals surface area contributed by atoms with Gasteiger partial charge < -0.3 is 10.0 Å². The minimum Gasteiger partial charge on any atom is -0.394 e. The standard InChI is InChI=1S/C13H14N4O2/c18-7-11-5-10-3-1-2-4-12(10)17(11)13(19)6-16-9-14-8-15-16/h1-4,8-9,11,18H,5-7H2. The van der Waals surface area contributed by atoms with E-state index in [-0.39, 0.29) is 25.1 Å². The molecule has 0 fully saturated rings. The molecule has 6 nitrogen and oxygen atoms in total. The van der Waals surface area contributed by atoms with Crippen molar-refractivity contribution >= 4 is 11.6 Å². The molecule has 1 aliphatic heterocycles. The molecular weight excluding hydrogens is 244 g/mol. The second-order valence-corrected chi connectivity index (χ2v) is 4.53. The number of aliphatic hydroxyl groups excluding tert-OH is 1. The first-order valence-corrected chi connectivity index (χ1v) is 6.13. The molecule has 0 saturated carbocycles. The van der Waals surface area contributed by atoms with E-state index in [1.54, 1.807) is 4.90 Å². The van der Waals surface area contributed by atoms with Crippen LogP contribution in [0.2, 0.25) is 0 Å². The minimum absolute atomic E-state index is 0.0439. The highest BCUT2D eigenvalue weighted by molar-refractivity contribution is 5.96. The van der Waals surface area contributed by atoms with Crippen LogP contribution in [0, 0.1) is 0 Å². The summed E-state index contributed by atoms with van der Waals surface area (Å²) in [4.78, 5) is 17.9. The number of aromatic nitrogens is 3. The summed E-state index contributed by atoms with van der Waals surface area (Å²) >= 11 is 0. The van der Waals surface area contributed by atoms with E-state index < -0.39 is 0 Å². The molecule has 6 heteroatoms. The number of benzene rings is 1. The molecule has 2 heterocycles. The third kappa shape index (κ3) is 2.10. The molecule has 1 aromatic heterocycles. The first-order valence-electron chi connectivity index (χ1n) is 6.13. The number of hydrogen-bond acceptors (Lipinski definition) is 4. The Morgan fingerprint density at radius 2 is 2.26 bits per heavy atom. The van der Waals surface area contributed by atoms with Crippen LogP contribution in [-0.4, -0.2) is 38.4 Å². The van der Waals surface area contributed by atoms with Crippen molar-refractivity contribution in [3.8, 4) is 0 Å². The molecule has 1 aromatic carbocycles. The molecule has 2 aromatic rings. The Labute approximate surface area is 110 Å². The predicted molar refractivity (Wildman–Crippen MR) is 68.5 cm³/mol. The van der Waals surface area contributed by atoms with Crippen molar-refractivity contribution in [3.05, 3.63) is 42.5 Å². The van der Waals surface area contributed by atoms with Gasteiger partial charge in [-0.3, -0.25) is 4.79 Å². The number of rotatable bonds is 3. The highest BCUT2D eigenvalue weighted by Crippen LogP contribution is 2.31. The van der Waals surface area contributed by atoms with Crippen LogP contribution in [0.4, 0.5) is 5.69 Å². The summed E-state index contributed by atoms with van der Waals surface area (Å²) in [6.07, 6.45) is 3.60. The van der Waals surface area contributed by atoms with Crippen LogP contribution in [0.1, 0.15) is 5.56 Å². The van der Waals surface area contributed by atoms with E-state index in [4.69, 9.17) is 0 Å². The topological polar surface area (TPSA) is 71.2 Å². The van der Waals surface area contributed by atoms with Crippen molar-refractivity contribution in [2.75, 3.05) is 11.5 Å². The molecule has 1 atom stereocenters. The Balaban J connectivity index is 1.87. The first kappa shape index (κ1) is 11.9. The number of carbonyl (C=O) groups excluding carboxylic acids is 1.